The molecule has 15 heavy (non-hydrogen) atoms. The van der Waals surface area contributed by atoms with E-state index in [1.807, 2.05) is 11.8 Å². The van der Waals surface area contributed by atoms with Gasteiger partial charge in [0.05, 0.1) is 8.22 Å². The monoisotopic (exact) mass is 242 g/mol. The lowest BCUT2D eigenvalue weighted by Crippen LogP contribution is -2.25. The van der Waals surface area contributed by atoms with Gasteiger partial charge in [0, 0.05) is 10.2 Å². The fraction of sp³-hybridized carbons (Fsp3) is 0.455. The van der Waals surface area contributed by atoms with Crippen molar-refractivity contribution in [3.8, 4) is 0 Å². The Kier molecular flexibility index (Phi) is 5.07. The topological polar surface area (TPSA) is 6.48 Å². The number of benzene rings is 1. The van der Waals surface area contributed by atoms with Gasteiger partial charge < -0.3 is 0 Å². The van der Waals surface area contributed by atoms with Gasteiger partial charge >= 0.3 is 0 Å². The van der Waals surface area contributed by atoms with Crippen LogP contribution < -0.4 is 5.30 Å². The molecule has 0 amide bonds. The van der Waals surface area contributed by atoms with Crippen LogP contribution in [0.25, 0.3) is 0 Å². The van der Waals surface area contributed by atoms with Gasteiger partial charge in [0.25, 0.3) is 0 Å². The van der Waals surface area contributed by atoms with Gasteiger partial charge in [-0.1, -0.05) is 18.2 Å². The summed E-state index contributed by atoms with van der Waals surface area (Å²) < 4.78 is 4.59. The molecule has 1 rings (SSSR count). The number of nitrogens with zero attached hydrogens (tertiary/aromatic N) is 2. The highest BCUT2D eigenvalue weighted by Gasteiger charge is 2.19. The second-order valence-corrected chi connectivity index (χ2v) is 7.16. The smallest absolute Gasteiger partial charge is 0.0725 e. The van der Waals surface area contributed by atoms with Crippen molar-refractivity contribution in [3.63, 3.8) is 0 Å². The third-order valence-electron chi connectivity index (χ3n) is 2.06. The van der Waals surface area contributed by atoms with Gasteiger partial charge in [0.1, 0.15) is 0 Å². The van der Waals surface area contributed by atoms with Crippen molar-refractivity contribution in [2.75, 3.05) is 34.4 Å². The summed E-state index contributed by atoms with van der Waals surface area (Å²) >= 11 is 1.82. The second kappa shape index (κ2) is 5.86. The Morgan fingerprint density at radius 3 is 2.00 bits per heavy atom. The van der Waals surface area contributed by atoms with E-state index in [2.05, 4.69) is 68.1 Å². The van der Waals surface area contributed by atoms with Gasteiger partial charge in [-0.2, -0.15) is 0 Å². The van der Waals surface area contributed by atoms with Crippen LogP contribution in [0.4, 0.5) is 0 Å². The molecule has 0 aliphatic heterocycles. The molecular weight excluding hydrogens is 223 g/mol. The van der Waals surface area contributed by atoms with Crippen LogP contribution in [0.5, 0.6) is 0 Å². The van der Waals surface area contributed by atoms with E-state index in [0.717, 1.165) is 0 Å². The van der Waals surface area contributed by atoms with Crippen molar-refractivity contribution in [2.45, 2.75) is 4.90 Å². The van der Waals surface area contributed by atoms with E-state index in [9.17, 15) is 0 Å². The first-order chi connectivity index (χ1) is 7.07. The van der Waals surface area contributed by atoms with Crippen molar-refractivity contribution in [3.05, 3.63) is 24.3 Å². The van der Waals surface area contributed by atoms with Crippen LogP contribution in [0.3, 0.4) is 0 Å². The predicted molar refractivity (Wildman–Crippen MR) is 72.2 cm³/mol. The standard InChI is InChI=1S/C11H19N2PS/c1-12(2)14(13(3)4)10-8-6-7-9-11(10)15-5/h6-9H,1-5H3. The molecule has 1 aromatic rings. The first-order valence-corrected chi connectivity index (χ1v) is 7.32. The predicted octanol–water partition coefficient (Wildman–Crippen LogP) is 2.47. The maximum absolute atomic E-state index is 2.30. The van der Waals surface area contributed by atoms with Crippen LogP contribution in [0.1, 0.15) is 0 Å². The van der Waals surface area contributed by atoms with Gasteiger partial charge in [-0.25, -0.2) is 0 Å². The highest BCUT2D eigenvalue weighted by molar-refractivity contribution is 7.99. The Balaban J connectivity index is 3.10. The second-order valence-electron chi connectivity index (χ2n) is 3.66. The molecule has 0 aliphatic carbocycles. The summed E-state index contributed by atoms with van der Waals surface area (Å²) in [6, 6.07) is 8.66. The van der Waals surface area contributed by atoms with E-state index in [1.165, 1.54) is 10.2 Å². The lowest BCUT2D eigenvalue weighted by atomic mass is 10.4. The molecule has 0 heterocycles. The largest absolute Gasteiger partial charge is 0.272 e. The van der Waals surface area contributed by atoms with E-state index in [-0.39, 0.29) is 8.22 Å². The molecule has 2 nitrogen and oxygen atoms in total. The quantitative estimate of drug-likeness (QED) is 0.591. The van der Waals surface area contributed by atoms with Gasteiger partial charge in [-0.05, 0) is 40.5 Å². The van der Waals surface area contributed by atoms with E-state index >= 15 is 0 Å². The fourth-order valence-electron chi connectivity index (χ4n) is 1.58. The average Bonchev–Trinajstić information content (AvgIpc) is 2.17. The minimum absolute atomic E-state index is 0.355. The molecule has 0 aromatic heterocycles. The van der Waals surface area contributed by atoms with Crippen molar-refractivity contribution in [1.82, 2.24) is 9.34 Å². The van der Waals surface area contributed by atoms with Crippen molar-refractivity contribution >= 4 is 25.3 Å². The molecule has 0 spiro atoms. The SMILES string of the molecule is CSc1ccccc1P(N(C)C)N(C)C. The normalized spacial score (nSPS) is 11.7. The zero-order valence-corrected chi connectivity index (χ0v) is 11.8. The molecule has 0 saturated carbocycles. The highest BCUT2D eigenvalue weighted by atomic mass is 32.2. The maximum atomic E-state index is 2.30. The summed E-state index contributed by atoms with van der Waals surface area (Å²) in [5, 5.41) is 1.44. The molecular formula is C11H19N2PS. The van der Waals surface area contributed by atoms with Gasteiger partial charge in [-0.15, -0.1) is 11.8 Å². The first kappa shape index (κ1) is 13.0. The summed E-state index contributed by atoms with van der Waals surface area (Å²) in [5.74, 6) is 0. The molecule has 0 atom stereocenters. The molecule has 84 valence electrons. The minimum atomic E-state index is -0.355. The minimum Gasteiger partial charge on any atom is -0.272 e. The summed E-state index contributed by atoms with van der Waals surface area (Å²) in [5.41, 5.74) is 0. The Labute approximate surface area is 98.5 Å². The summed E-state index contributed by atoms with van der Waals surface area (Å²) in [6.07, 6.45) is 2.14. The van der Waals surface area contributed by atoms with Crippen LogP contribution in [0, 0.1) is 0 Å². The Bertz CT molecular complexity index is 307. The third-order valence-corrected chi connectivity index (χ3v) is 5.34. The molecule has 0 bridgehead atoms. The van der Waals surface area contributed by atoms with E-state index in [1.54, 1.807) is 0 Å². The van der Waals surface area contributed by atoms with Crippen LogP contribution in [0.15, 0.2) is 29.2 Å². The number of hydrogen-bond acceptors (Lipinski definition) is 3. The van der Waals surface area contributed by atoms with E-state index < -0.39 is 0 Å². The zero-order valence-electron chi connectivity index (χ0n) is 10.1. The molecule has 0 radical (unpaired) electrons. The summed E-state index contributed by atoms with van der Waals surface area (Å²) in [6.45, 7) is 0. The van der Waals surface area contributed by atoms with Crippen molar-refractivity contribution < 1.29 is 0 Å². The van der Waals surface area contributed by atoms with Gasteiger partial charge in [-0.3, -0.25) is 9.34 Å². The van der Waals surface area contributed by atoms with Crippen LogP contribution in [0.2, 0.25) is 0 Å². The Morgan fingerprint density at radius 1 is 1.00 bits per heavy atom. The van der Waals surface area contributed by atoms with Crippen LogP contribution in [-0.4, -0.2) is 43.8 Å². The Hall–Kier alpha value is -0.0800. The van der Waals surface area contributed by atoms with E-state index in [4.69, 9.17) is 0 Å². The number of hydrogen-bond donors (Lipinski definition) is 0. The maximum Gasteiger partial charge on any atom is 0.0725 e. The average molecular weight is 242 g/mol. The zero-order chi connectivity index (χ0) is 11.4. The summed E-state index contributed by atoms with van der Waals surface area (Å²) in [7, 11) is 8.21. The van der Waals surface area contributed by atoms with Crippen LogP contribution >= 0.6 is 20.0 Å². The molecule has 0 fully saturated rings. The highest BCUT2D eigenvalue weighted by Crippen LogP contribution is 2.40. The molecule has 0 N–H and O–H groups in total. The molecule has 4 heteroatoms. The van der Waals surface area contributed by atoms with E-state index in [0.29, 0.717) is 0 Å². The summed E-state index contributed by atoms with van der Waals surface area (Å²) in [4.78, 5) is 1.38. The molecule has 0 saturated heterocycles. The first-order valence-electron chi connectivity index (χ1n) is 4.85. The molecule has 1 aromatic carbocycles. The number of thioether (sulfide) groups is 1. The molecule has 0 aliphatic rings. The van der Waals surface area contributed by atoms with Gasteiger partial charge in [0.2, 0.25) is 0 Å². The lowest BCUT2D eigenvalue weighted by molar-refractivity contribution is 0.584. The number of rotatable bonds is 4. The Morgan fingerprint density at radius 2 is 1.53 bits per heavy atom. The fourth-order valence-corrected chi connectivity index (χ4v) is 4.66. The van der Waals surface area contributed by atoms with Gasteiger partial charge in [0.15, 0.2) is 0 Å². The lowest BCUT2D eigenvalue weighted by Gasteiger charge is -2.31. The molecule has 0 unspecified atom stereocenters. The van der Waals surface area contributed by atoms with Crippen LogP contribution in [-0.2, 0) is 0 Å². The van der Waals surface area contributed by atoms with Crippen molar-refractivity contribution in [2.24, 2.45) is 0 Å². The third kappa shape index (κ3) is 3.18. The van der Waals surface area contributed by atoms with Crippen molar-refractivity contribution in [1.29, 1.82) is 0 Å².